The molecule has 0 radical (unpaired) electrons. The van der Waals surface area contributed by atoms with E-state index < -0.39 is 40.4 Å². The summed E-state index contributed by atoms with van der Waals surface area (Å²) in [5.74, 6) is -3.33. The standard InChI is InChI=1S/C38H46O8/c1-20(2)10-9-11-22(5)13-15-25-30(39)26(14-12-21(3)4)33-29(31(25)40)32(41)27-18-24-19-28-36(7,8)46-37(34(24)42,38(27,28)45-33)17-16-23(6)35(43)44/h10,12-13,16,18,24,28,39-40H,9,11,14-15,17,19H2,1-8H3,(H,43,44)/t24?,28?,37?,38-/m1/s1. The summed E-state index contributed by atoms with van der Waals surface area (Å²) in [7, 11) is 0. The molecular formula is C38H46O8. The van der Waals surface area contributed by atoms with Crippen LogP contribution in [0.4, 0.5) is 0 Å². The summed E-state index contributed by atoms with van der Waals surface area (Å²) in [6.45, 7) is 15.2. The number of carboxylic acids is 1. The molecule has 46 heavy (non-hydrogen) atoms. The average molecular weight is 631 g/mol. The number of ketones is 2. The number of hydrogen-bond donors (Lipinski definition) is 3. The van der Waals surface area contributed by atoms with E-state index in [1.807, 2.05) is 46.8 Å². The Labute approximate surface area is 271 Å². The highest BCUT2D eigenvalue weighted by atomic mass is 16.6. The topological polar surface area (TPSA) is 130 Å². The summed E-state index contributed by atoms with van der Waals surface area (Å²) in [5, 5.41) is 33.0. The van der Waals surface area contributed by atoms with Gasteiger partial charge >= 0.3 is 5.97 Å². The third-order valence-corrected chi connectivity index (χ3v) is 10.2. The van der Waals surface area contributed by atoms with Crippen LogP contribution in [-0.4, -0.2) is 49.7 Å². The van der Waals surface area contributed by atoms with Crippen LogP contribution in [0.5, 0.6) is 17.2 Å². The summed E-state index contributed by atoms with van der Waals surface area (Å²) < 4.78 is 13.6. The van der Waals surface area contributed by atoms with Crippen LogP contribution in [0, 0.1) is 11.8 Å². The lowest BCUT2D eigenvalue weighted by atomic mass is 9.51. The van der Waals surface area contributed by atoms with Gasteiger partial charge in [0.05, 0.1) is 5.60 Å². The number of rotatable bonds is 10. The fourth-order valence-electron chi connectivity index (χ4n) is 7.80. The lowest BCUT2D eigenvalue weighted by Gasteiger charge is -2.56. The van der Waals surface area contributed by atoms with E-state index in [-0.39, 0.29) is 64.6 Å². The fraction of sp³-hybridized carbons (Fsp3) is 0.500. The summed E-state index contributed by atoms with van der Waals surface area (Å²) >= 11 is 0. The van der Waals surface area contributed by atoms with Crippen molar-refractivity contribution < 1.29 is 39.2 Å². The van der Waals surface area contributed by atoms with Gasteiger partial charge in [0.2, 0.25) is 0 Å². The lowest BCUT2D eigenvalue weighted by Crippen LogP contribution is -2.72. The van der Waals surface area contributed by atoms with Gasteiger partial charge in [-0.1, -0.05) is 47.1 Å². The van der Waals surface area contributed by atoms with E-state index in [9.17, 15) is 29.7 Å². The van der Waals surface area contributed by atoms with Gasteiger partial charge in [-0.25, -0.2) is 4.79 Å². The second-order valence-corrected chi connectivity index (χ2v) is 14.4. The predicted molar refractivity (Wildman–Crippen MR) is 175 cm³/mol. The number of carbonyl (C=O) groups excluding carboxylic acids is 2. The Hall–Kier alpha value is -3.91. The van der Waals surface area contributed by atoms with Gasteiger partial charge in [0.25, 0.3) is 0 Å². The van der Waals surface area contributed by atoms with Crippen molar-refractivity contribution in [1.29, 1.82) is 0 Å². The van der Waals surface area contributed by atoms with Crippen LogP contribution in [0.25, 0.3) is 0 Å². The SMILES string of the molecule is CC(C)=CCCC(C)=CCc1c(O)c(CC=C(C)C)c2c(c1O)C(=O)C1=CC3CC4C(C)(C)OC(CC=C(C)C(=O)O)(C3=O)[C@@]14O2. The molecule has 5 aliphatic rings. The van der Waals surface area contributed by atoms with Crippen molar-refractivity contribution in [3.63, 3.8) is 0 Å². The van der Waals surface area contributed by atoms with E-state index in [0.717, 1.165) is 24.0 Å². The van der Waals surface area contributed by atoms with Gasteiger partial charge in [0.15, 0.2) is 22.8 Å². The van der Waals surface area contributed by atoms with E-state index in [2.05, 4.69) is 19.9 Å². The zero-order valence-electron chi connectivity index (χ0n) is 28.2. The van der Waals surface area contributed by atoms with Crippen molar-refractivity contribution in [3.8, 4) is 17.2 Å². The summed E-state index contributed by atoms with van der Waals surface area (Å²) in [6, 6.07) is 0. The number of ether oxygens (including phenoxy) is 2. The highest BCUT2D eigenvalue weighted by Crippen LogP contribution is 2.68. The van der Waals surface area contributed by atoms with E-state index in [4.69, 9.17) is 9.47 Å². The molecule has 1 aromatic carbocycles. The Balaban J connectivity index is 1.71. The Morgan fingerprint density at radius 2 is 1.59 bits per heavy atom. The molecule has 1 saturated carbocycles. The van der Waals surface area contributed by atoms with Gasteiger partial charge < -0.3 is 24.8 Å². The molecule has 1 aromatic rings. The molecule has 246 valence electrons. The molecule has 6 rings (SSSR count). The van der Waals surface area contributed by atoms with Crippen LogP contribution in [-0.2, 0) is 27.2 Å². The van der Waals surface area contributed by atoms with Crippen molar-refractivity contribution in [2.75, 3.05) is 0 Å². The Morgan fingerprint density at radius 1 is 0.935 bits per heavy atom. The van der Waals surface area contributed by atoms with Gasteiger partial charge in [-0.3, -0.25) is 9.59 Å². The highest BCUT2D eigenvalue weighted by Gasteiger charge is 2.81. The molecular weight excluding hydrogens is 584 g/mol. The van der Waals surface area contributed by atoms with Crippen molar-refractivity contribution >= 4 is 17.5 Å². The maximum atomic E-state index is 14.7. The Bertz CT molecular complexity index is 1670. The monoisotopic (exact) mass is 630 g/mol. The summed E-state index contributed by atoms with van der Waals surface area (Å²) in [5.41, 5.74) is 0.0623. The Morgan fingerprint density at radius 3 is 2.22 bits per heavy atom. The number of allylic oxidation sites excluding steroid dienone is 7. The first kappa shape index (κ1) is 33.5. The minimum atomic E-state index is -1.67. The van der Waals surface area contributed by atoms with Crippen LogP contribution in [0.3, 0.4) is 0 Å². The number of phenols is 2. The van der Waals surface area contributed by atoms with Gasteiger partial charge in [-0.05, 0) is 87.5 Å². The predicted octanol–water partition coefficient (Wildman–Crippen LogP) is 7.27. The minimum absolute atomic E-state index is 0.0259. The smallest absolute Gasteiger partial charge is 0.330 e. The zero-order chi connectivity index (χ0) is 33.9. The molecule has 3 aliphatic carbocycles. The number of phenolic OH excluding ortho intramolecular Hbond substituents is 2. The maximum Gasteiger partial charge on any atom is 0.330 e. The number of hydrogen-bond acceptors (Lipinski definition) is 7. The molecule has 8 heteroatoms. The van der Waals surface area contributed by atoms with Crippen molar-refractivity contribution in [2.45, 2.75) is 111 Å². The van der Waals surface area contributed by atoms with Crippen LogP contribution in [0.15, 0.2) is 58.2 Å². The number of carbonyl (C=O) groups is 3. The average Bonchev–Trinajstić information content (AvgIpc) is 3.12. The molecule has 3 unspecified atom stereocenters. The third-order valence-electron chi connectivity index (χ3n) is 10.2. The molecule has 1 saturated heterocycles. The van der Waals surface area contributed by atoms with Crippen molar-refractivity contribution in [3.05, 3.63) is 74.9 Å². The molecule has 2 fully saturated rings. The van der Waals surface area contributed by atoms with Crippen molar-refractivity contribution in [1.82, 2.24) is 0 Å². The number of Topliss-reactive ketones (excluding diaryl/α,β-unsaturated/α-hetero) is 2. The molecule has 1 spiro atoms. The first-order valence-corrected chi connectivity index (χ1v) is 16.1. The quantitative estimate of drug-likeness (QED) is 0.182. The normalized spacial score (nSPS) is 27.4. The van der Waals surface area contributed by atoms with Gasteiger partial charge in [-0.2, -0.15) is 0 Å². The molecule has 3 N–H and O–H groups in total. The number of fused-ring (bicyclic) bond motifs is 1. The number of benzene rings is 1. The third kappa shape index (κ3) is 5.05. The van der Waals surface area contributed by atoms with E-state index in [0.29, 0.717) is 12.0 Å². The molecule has 0 aromatic heterocycles. The molecule has 2 heterocycles. The zero-order valence-corrected chi connectivity index (χ0v) is 28.2. The molecule has 2 aliphatic heterocycles. The molecule has 4 bridgehead atoms. The van der Waals surface area contributed by atoms with Crippen LogP contribution < -0.4 is 4.74 Å². The fourth-order valence-corrected chi connectivity index (χ4v) is 7.80. The lowest BCUT2D eigenvalue weighted by molar-refractivity contribution is -0.171. The first-order valence-electron chi connectivity index (χ1n) is 16.1. The molecule has 8 nitrogen and oxygen atoms in total. The Kier molecular flexibility index (Phi) is 8.52. The number of aromatic hydroxyl groups is 2. The van der Waals surface area contributed by atoms with Crippen LogP contribution >= 0.6 is 0 Å². The first-order chi connectivity index (χ1) is 21.5. The van der Waals surface area contributed by atoms with Gasteiger partial charge in [-0.15, -0.1) is 0 Å². The highest BCUT2D eigenvalue weighted by molar-refractivity contribution is 6.18. The van der Waals surface area contributed by atoms with E-state index >= 15 is 0 Å². The molecule has 0 amide bonds. The number of carboxylic acid groups (broad SMARTS) is 1. The summed E-state index contributed by atoms with van der Waals surface area (Å²) in [6.07, 6.45) is 11.6. The van der Waals surface area contributed by atoms with Gasteiger partial charge in [0, 0.05) is 40.5 Å². The molecule has 4 atom stereocenters. The maximum absolute atomic E-state index is 14.7. The number of aliphatic carboxylic acids is 1. The van der Waals surface area contributed by atoms with Crippen LogP contribution in [0.1, 0.15) is 103 Å². The van der Waals surface area contributed by atoms with E-state index in [1.165, 1.54) is 18.6 Å². The minimum Gasteiger partial charge on any atom is -0.507 e. The summed E-state index contributed by atoms with van der Waals surface area (Å²) in [4.78, 5) is 40.6. The van der Waals surface area contributed by atoms with Crippen molar-refractivity contribution in [2.24, 2.45) is 11.8 Å². The largest absolute Gasteiger partial charge is 0.507 e. The van der Waals surface area contributed by atoms with E-state index in [1.54, 1.807) is 6.08 Å². The van der Waals surface area contributed by atoms with Gasteiger partial charge in [0.1, 0.15) is 22.8 Å². The second kappa shape index (κ2) is 11.7. The van der Waals surface area contributed by atoms with Crippen LogP contribution in [0.2, 0.25) is 0 Å². The second-order valence-electron chi connectivity index (χ2n) is 14.4.